The van der Waals surface area contributed by atoms with E-state index in [1.54, 1.807) is 0 Å². The number of amides is 1. The first-order valence-electron chi connectivity index (χ1n) is 8.95. The van der Waals surface area contributed by atoms with Gasteiger partial charge in [0.05, 0.1) is 0 Å². The zero-order valence-corrected chi connectivity index (χ0v) is 15.0. The summed E-state index contributed by atoms with van der Waals surface area (Å²) in [6.45, 7) is 3.09. The first-order valence-corrected chi connectivity index (χ1v) is 10.1. The molecular weight excluding hydrogens is 326 g/mol. The van der Waals surface area contributed by atoms with Crippen molar-refractivity contribution in [2.75, 3.05) is 11.9 Å². The Kier molecular flexibility index (Phi) is 4.97. The van der Waals surface area contributed by atoms with Crippen molar-refractivity contribution < 1.29 is 4.79 Å². The zero-order valence-electron chi connectivity index (χ0n) is 13.4. The van der Waals surface area contributed by atoms with E-state index in [1.165, 1.54) is 38.5 Å². The van der Waals surface area contributed by atoms with Crippen LogP contribution in [0.4, 0.5) is 0 Å². The maximum absolute atomic E-state index is 12.4. The van der Waals surface area contributed by atoms with Crippen molar-refractivity contribution in [3.63, 3.8) is 0 Å². The highest BCUT2D eigenvalue weighted by molar-refractivity contribution is 9.09. The van der Waals surface area contributed by atoms with E-state index in [0.717, 1.165) is 48.9 Å². The number of halogens is 1. The van der Waals surface area contributed by atoms with Crippen molar-refractivity contribution in [2.24, 2.45) is 29.1 Å². The Morgan fingerprint density at radius 3 is 2.24 bits per heavy atom. The SMILES string of the molecule is CCC(CCBr)CNC(=O)CC12CC3CC(CC(C3)C1)C2. The zero-order chi connectivity index (χ0) is 14.9. The Balaban J connectivity index is 1.50. The maximum Gasteiger partial charge on any atom is 0.220 e. The number of hydrogen-bond acceptors (Lipinski definition) is 1. The maximum atomic E-state index is 12.4. The molecule has 1 atom stereocenters. The van der Waals surface area contributed by atoms with Crippen LogP contribution in [0.15, 0.2) is 0 Å². The van der Waals surface area contributed by atoms with Crippen LogP contribution in [0.1, 0.15) is 64.7 Å². The van der Waals surface area contributed by atoms with Crippen LogP contribution in [0.3, 0.4) is 0 Å². The molecule has 4 rings (SSSR count). The summed E-state index contributed by atoms with van der Waals surface area (Å²) in [5, 5.41) is 4.27. The largest absolute Gasteiger partial charge is 0.356 e. The van der Waals surface area contributed by atoms with Crippen LogP contribution in [0.2, 0.25) is 0 Å². The topological polar surface area (TPSA) is 29.1 Å². The second kappa shape index (κ2) is 6.60. The van der Waals surface area contributed by atoms with Crippen molar-refractivity contribution in [3.8, 4) is 0 Å². The second-order valence-electron chi connectivity index (χ2n) is 8.15. The smallest absolute Gasteiger partial charge is 0.220 e. The number of alkyl halides is 1. The molecule has 21 heavy (non-hydrogen) atoms. The second-order valence-corrected chi connectivity index (χ2v) is 8.94. The molecule has 1 unspecified atom stereocenters. The van der Waals surface area contributed by atoms with E-state index in [0.29, 0.717) is 17.2 Å². The van der Waals surface area contributed by atoms with Crippen molar-refractivity contribution in [3.05, 3.63) is 0 Å². The molecule has 1 amide bonds. The standard InChI is InChI=1S/C18H30BrNO/c1-2-13(3-4-19)12-20-17(21)11-18-8-14-5-15(9-18)7-16(6-14)10-18/h13-16H,2-12H2,1H3,(H,20,21). The molecule has 0 aromatic carbocycles. The third kappa shape index (κ3) is 3.65. The Morgan fingerprint density at radius 1 is 1.19 bits per heavy atom. The van der Waals surface area contributed by atoms with Crippen LogP contribution in [-0.4, -0.2) is 17.8 Å². The molecule has 0 aromatic heterocycles. The van der Waals surface area contributed by atoms with Gasteiger partial charge >= 0.3 is 0 Å². The van der Waals surface area contributed by atoms with Gasteiger partial charge < -0.3 is 5.32 Å². The minimum Gasteiger partial charge on any atom is -0.356 e. The number of nitrogens with one attached hydrogen (secondary N) is 1. The molecule has 0 saturated heterocycles. The molecule has 1 N–H and O–H groups in total. The van der Waals surface area contributed by atoms with Crippen LogP contribution >= 0.6 is 15.9 Å². The van der Waals surface area contributed by atoms with Gasteiger partial charge in [-0.15, -0.1) is 0 Å². The summed E-state index contributed by atoms with van der Waals surface area (Å²) in [5.74, 6) is 3.79. The van der Waals surface area contributed by atoms with Crippen molar-refractivity contribution >= 4 is 21.8 Å². The molecule has 0 radical (unpaired) electrons. The minimum atomic E-state index is 0.324. The Morgan fingerprint density at radius 2 is 1.76 bits per heavy atom. The van der Waals surface area contributed by atoms with E-state index >= 15 is 0 Å². The van der Waals surface area contributed by atoms with Gasteiger partial charge in [-0.05, 0) is 74.0 Å². The van der Waals surface area contributed by atoms with Crippen LogP contribution in [0.25, 0.3) is 0 Å². The van der Waals surface area contributed by atoms with E-state index < -0.39 is 0 Å². The predicted octanol–water partition coefficient (Wildman–Crippen LogP) is 4.52. The molecule has 0 aromatic rings. The van der Waals surface area contributed by atoms with Crippen LogP contribution in [-0.2, 0) is 4.79 Å². The highest BCUT2D eigenvalue weighted by atomic mass is 79.9. The van der Waals surface area contributed by atoms with Gasteiger partial charge in [0.2, 0.25) is 5.91 Å². The third-order valence-corrected chi connectivity index (χ3v) is 6.84. The molecule has 4 bridgehead atoms. The normalized spacial score (nSPS) is 38.5. The fraction of sp³-hybridized carbons (Fsp3) is 0.944. The predicted molar refractivity (Wildman–Crippen MR) is 90.4 cm³/mol. The number of rotatable bonds is 7. The van der Waals surface area contributed by atoms with Gasteiger partial charge in [0, 0.05) is 18.3 Å². The summed E-state index contributed by atoms with van der Waals surface area (Å²) in [6, 6.07) is 0. The summed E-state index contributed by atoms with van der Waals surface area (Å²) in [7, 11) is 0. The van der Waals surface area contributed by atoms with Crippen LogP contribution < -0.4 is 5.32 Å². The average Bonchev–Trinajstić information content (AvgIpc) is 2.41. The van der Waals surface area contributed by atoms with E-state index in [9.17, 15) is 4.79 Å². The molecule has 0 spiro atoms. The Labute approximate surface area is 138 Å². The summed E-state index contributed by atoms with van der Waals surface area (Å²) < 4.78 is 0. The molecule has 0 aliphatic heterocycles. The third-order valence-electron chi connectivity index (χ3n) is 6.38. The monoisotopic (exact) mass is 355 g/mol. The van der Waals surface area contributed by atoms with Crippen molar-refractivity contribution in [1.29, 1.82) is 0 Å². The Hall–Kier alpha value is -0.0500. The quantitative estimate of drug-likeness (QED) is 0.668. The van der Waals surface area contributed by atoms with E-state index in [-0.39, 0.29) is 0 Å². The van der Waals surface area contributed by atoms with Gasteiger partial charge in [-0.1, -0.05) is 29.3 Å². The molecule has 120 valence electrons. The molecule has 3 heteroatoms. The van der Waals surface area contributed by atoms with Crippen LogP contribution in [0, 0.1) is 29.1 Å². The van der Waals surface area contributed by atoms with Gasteiger partial charge in [-0.2, -0.15) is 0 Å². The van der Waals surface area contributed by atoms with E-state index in [2.05, 4.69) is 28.2 Å². The number of carbonyl (C=O) groups is 1. The molecular formula is C18H30BrNO. The highest BCUT2D eigenvalue weighted by Crippen LogP contribution is 2.61. The minimum absolute atomic E-state index is 0.324. The van der Waals surface area contributed by atoms with Gasteiger partial charge in [-0.3, -0.25) is 4.79 Å². The van der Waals surface area contributed by atoms with Crippen molar-refractivity contribution in [2.45, 2.75) is 64.7 Å². The number of hydrogen-bond donors (Lipinski definition) is 1. The van der Waals surface area contributed by atoms with Crippen molar-refractivity contribution in [1.82, 2.24) is 5.32 Å². The van der Waals surface area contributed by atoms with Gasteiger partial charge in [-0.25, -0.2) is 0 Å². The van der Waals surface area contributed by atoms with E-state index in [4.69, 9.17) is 0 Å². The lowest BCUT2D eigenvalue weighted by atomic mass is 9.49. The molecule has 2 nitrogen and oxygen atoms in total. The van der Waals surface area contributed by atoms with Crippen LogP contribution in [0.5, 0.6) is 0 Å². The highest BCUT2D eigenvalue weighted by Gasteiger charge is 2.51. The molecule has 4 fully saturated rings. The van der Waals surface area contributed by atoms with Gasteiger partial charge in [0.1, 0.15) is 0 Å². The fourth-order valence-electron chi connectivity index (χ4n) is 5.77. The lowest BCUT2D eigenvalue weighted by molar-refractivity contribution is -0.129. The van der Waals surface area contributed by atoms with Gasteiger partial charge in [0.25, 0.3) is 0 Å². The fourth-order valence-corrected chi connectivity index (χ4v) is 6.42. The first kappa shape index (κ1) is 15.8. The van der Waals surface area contributed by atoms with Gasteiger partial charge in [0.15, 0.2) is 0 Å². The molecule has 4 aliphatic rings. The Bertz CT molecular complexity index is 346. The first-order chi connectivity index (χ1) is 10.1. The average molecular weight is 356 g/mol. The number of carbonyl (C=O) groups excluding carboxylic acids is 1. The summed E-state index contributed by atoms with van der Waals surface area (Å²) in [4.78, 5) is 12.4. The summed E-state index contributed by atoms with van der Waals surface area (Å²) in [5.41, 5.74) is 0.385. The molecule has 0 heterocycles. The summed E-state index contributed by atoms with van der Waals surface area (Å²) >= 11 is 3.51. The lowest BCUT2D eigenvalue weighted by Gasteiger charge is -2.56. The lowest BCUT2D eigenvalue weighted by Crippen LogP contribution is -2.48. The molecule has 4 aliphatic carbocycles. The summed E-state index contributed by atoms with van der Waals surface area (Å²) in [6.07, 6.45) is 11.5. The van der Waals surface area contributed by atoms with E-state index in [1.807, 2.05) is 0 Å². The molecule has 4 saturated carbocycles.